The Morgan fingerprint density at radius 3 is 2.64 bits per heavy atom. The summed E-state index contributed by atoms with van der Waals surface area (Å²) >= 11 is 2.07. The lowest BCUT2D eigenvalue weighted by atomic mass is 9.95. The van der Waals surface area contributed by atoms with Gasteiger partial charge in [-0.3, -0.25) is 0 Å². The molecule has 0 amide bonds. The van der Waals surface area contributed by atoms with Crippen LogP contribution >= 0.6 is 11.8 Å². The van der Waals surface area contributed by atoms with E-state index in [0.29, 0.717) is 0 Å². The second-order valence-electron chi connectivity index (χ2n) is 4.94. The quantitative estimate of drug-likeness (QED) is 0.751. The Hall–Kier alpha value is 0.270. The van der Waals surface area contributed by atoms with E-state index in [9.17, 15) is 0 Å². The Morgan fingerprint density at radius 1 is 1.43 bits per heavy atom. The molecule has 0 bridgehead atoms. The molecule has 2 fully saturated rings. The Balaban J connectivity index is 1.91. The van der Waals surface area contributed by atoms with Crippen LogP contribution in [0.3, 0.4) is 0 Å². The summed E-state index contributed by atoms with van der Waals surface area (Å²) in [7, 11) is 0. The summed E-state index contributed by atoms with van der Waals surface area (Å²) in [5, 5.41) is 4.61. The predicted molar refractivity (Wildman–Crippen MR) is 63.7 cm³/mol. The molecule has 3 heteroatoms. The highest BCUT2D eigenvalue weighted by Crippen LogP contribution is 2.35. The van der Waals surface area contributed by atoms with E-state index < -0.39 is 0 Å². The van der Waals surface area contributed by atoms with Gasteiger partial charge in [-0.15, -0.1) is 0 Å². The minimum Gasteiger partial charge on any atom is -0.329 e. The molecule has 0 radical (unpaired) electrons. The first-order valence-corrected chi connectivity index (χ1v) is 6.88. The SMILES string of the molecule is CC1CC(CN)(NC2CCCC2)CS1. The van der Waals surface area contributed by atoms with Gasteiger partial charge < -0.3 is 11.1 Å². The van der Waals surface area contributed by atoms with Gasteiger partial charge in [0.05, 0.1) is 0 Å². The topological polar surface area (TPSA) is 38.0 Å². The second kappa shape index (κ2) is 4.42. The summed E-state index contributed by atoms with van der Waals surface area (Å²) in [5.74, 6) is 1.21. The van der Waals surface area contributed by atoms with Gasteiger partial charge in [0.2, 0.25) is 0 Å². The maximum Gasteiger partial charge on any atom is 0.0407 e. The smallest absolute Gasteiger partial charge is 0.0407 e. The van der Waals surface area contributed by atoms with E-state index in [2.05, 4.69) is 24.0 Å². The lowest BCUT2D eigenvalue weighted by Gasteiger charge is -2.32. The van der Waals surface area contributed by atoms with Crippen LogP contribution in [0.2, 0.25) is 0 Å². The zero-order chi connectivity index (χ0) is 10.0. The highest BCUT2D eigenvalue weighted by Gasteiger charge is 2.38. The van der Waals surface area contributed by atoms with Gasteiger partial charge in [-0.1, -0.05) is 19.8 Å². The lowest BCUT2D eigenvalue weighted by Crippen LogP contribution is -2.55. The maximum atomic E-state index is 5.93. The van der Waals surface area contributed by atoms with Crippen LogP contribution in [-0.2, 0) is 0 Å². The number of nitrogens with one attached hydrogen (secondary N) is 1. The average molecular weight is 214 g/mol. The molecule has 0 aromatic carbocycles. The van der Waals surface area contributed by atoms with Crippen molar-refractivity contribution in [3.8, 4) is 0 Å². The van der Waals surface area contributed by atoms with Gasteiger partial charge in [0.25, 0.3) is 0 Å². The summed E-state index contributed by atoms with van der Waals surface area (Å²) in [4.78, 5) is 0. The second-order valence-corrected chi connectivity index (χ2v) is 6.36. The van der Waals surface area contributed by atoms with Crippen LogP contribution in [0.1, 0.15) is 39.0 Å². The standard InChI is InChI=1S/C11H22N2S/c1-9-6-11(7-12,8-14-9)13-10-4-2-3-5-10/h9-10,13H,2-8,12H2,1H3. The number of hydrogen-bond donors (Lipinski definition) is 2. The third-order valence-corrected chi connectivity index (χ3v) is 5.03. The van der Waals surface area contributed by atoms with E-state index in [1.54, 1.807) is 0 Å². The van der Waals surface area contributed by atoms with Crippen LogP contribution in [0.15, 0.2) is 0 Å². The fourth-order valence-electron chi connectivity index (χ4n) is 2.77. The van der Waals surface area contributed by atoms with Crippen LogP contribution in [-0.4, -0.2) is 29.1 Å². The molecule has 1 aliphatic heterocycles. The van der Waals surface area contributed by atoms with Crippen molar-refractivity contribution in [1.82, 2.24) is 5.32 Å². The van der Waals surface area contributed by atoms with E-state index in [1.165, 1.54) is 37.9 Å². The number of thioether (sulfide) groups is 1. The van der Waals surface area contributed by atoms with Gasteiger partial charge in [-0.05, 0) is 19.3 Å². The van der Waals surface area contributed by atoms with Crippen molar-refractivity contribution in [2.45, 2.75) is 55.9 Å². The first kappa shape index (κ1) is 10.8. The average Bonchev–Trinajstić information content (AvgIpc) is 2.77. The minimum absolute atomic E-state index is 0.263. The normalized spacial score (nSPS) is 39.4. The molecule has 1 aliphatic carbocycles. The van der Waals surface area contributed by atoms with Crippen LogP contribution in [0, 0.1) is 0 Å². The van der Waals surface area contributed by atoms with Crippen molar-refractivity contribution in [3.63, 3.8) is 0 Å². The summed E-state index contributed by atoms with van der Waals surface area (Å²) in [5.41, 5.74) is 6.20. The van der Waals surface area contributed by atoms with Gasteiger partial charge in [0.1, 0.15) is 0 Å². The van der Waals surface area contributed by atoms with Crippen molar-refractivity contribution in [3.05, 3.63) is 0 Å². The van der Waals surface area contributed by atoms with Crippen molar-refractivity contribution < 1.29 is 0 Å². The van der Waals surface area contributed by atoms with E-state index in [1.807, 2.05) is 0 Å². The van der Waals surface area contributed by atoms with Gasteiger partial charge >= 0.3 is 0 Å². The highest BCUT2D eigenvalue weighted by molar-refractivity contribution is 8.00. The Kier molecular flexibility index (Phi) is 3.40. The lowest BCUT2D eigenvalue weighted by molar-refractivity contribution is 0.314. The molecule has 2 atom stereocenters. The third-order valence-electron chi connectivity index (χ3n) is 3.58. The number of hydrogen-bond acceptors (Lipinski definition) is 3. The molecule has 1 heterocycles. The molecule has 82 valence electrons. The van der Waals surface area contributed by atoms with Gasteiger partial charge in [-0.2, -0.15) is 11.8 Å². The maximum absolute atomic E-state index is 5.93. The first-order valence-electron chi connectivity index (χ1n) is 5.83. The largest absolute Gasteiger partial charge is 0.329 e. The summed E-state index contributed by atoms with van der Waals surface area (Å²) in [6.45, 7) is 3.12. The molecular formula is C11H22N2S. The number of rotatable bonds is 3. The Labute approximate surface area is 91.4 Å². The molecule has 2 aliphatic rings. The molecule has 1 saturated heterocycles. The van der Waals surface area contributed by atoms with Gasteiger partial charge in [0, 0.05) is 29.1 Å². The zero-order valence-corrected chi connectivity index (χ0v) is 9.91. The fourth-order valence-corrected chi connectivity index (χ4v) is 4.13. The highest BCUT2D eigenvalue weighted by atomic mass is 32.2. The molecular weight excluding hydrogens is 192 g/mol. The van der Waals surface area contributed by atoms with Crippen molar-refractivity contribution in [2.24, 2.45) is 5.73 Å². The minimum atomic E-state index is 0.263. The van der Waals surface area contributed by atoms with Crippen LogP contribution in [0.5, 0.6) is 0 Å². The van der Waals surface area contributed by atoms with Crippen LogP contribution < -0.4 is 11.1 Å². The van der Waals surface area contributed by atoms with E-state index >= 15 is 0 Å². The van der Waals surface area contributed by atoms with E-state index in [0.717, 1.165) is 17.8 Å². The molecule has 2 nitrogen and oxygen atoms in total. The zero-order valence-electron chi connectivity index (χ0n) is 9.09. The molecule has 2 rings (SSSR count). The Bertz CT molecular complexity index is 192. The van der Waals surface area contributed by atoms with Gasteiger partial charge in [-0.25, -0.2) is 0 Å². The van der Waals surface area contributed by atoms with Gasteiger partial charge in [0.15, 0.2) is 0 Å². The summed E-state index contributed by atoms with van der Waals surface area (Å²) in [6.07, 6.45) is 6.79. The fraction of sp³-hybridized carbons (Fsp3) is 1.00. The van der Waals surface area contributed by atoms with Crippen LogP contribution in [0.25, 0.3) is 0 Å². The molecule has 0 aromatic heterocycles. The summed E-state index contributed by atoms with van der Waals surface area (Å²) in [6, 6.07) is 0.754. The van der Waals surface area contributed by atoms with Crippen molar-refractivity contribution >= 4 is 11.8 Å². The molecule has 0 spiro atoms. The number of nitrogens with two attached hydrogens (primary N) is 1. The van der Waals surface area contributed by atoms with Crippen molar-refractivity contribution in [2.75, 3.05) is 12.3 Å². The summed E-state index contributed by atoms with van der Waals surface area (Å²) < 4.78 is 0. The third kappa shape index (κ3) is 2.26. The van der Waals surface area contributed by atoms with Crippen molar-refractivity contribution in [1.29, 1.82) is 0 Å². The predicted octanol–water partition coefficient (Wildman–Crippen LogP) is 1.74. The van der Waals surface area contributed by atoms with E-state index in [-0.39, 0.29) is 5.54 Å². The molecule has 1 saturated carbocycles. The molecule has 14 heavy (non-hydrogen) atoms. The molecule has 0 aromatic rings. The molecule has 2 unspecified atom stereocenters. The van der Waals surface area contributed by atoms with Crippen LogP contribution in [0.4, 0.5) is 0 Å². The Morgan fingerprint density at radius 2 is 2.14 bits per heavy atom. The molecule has 3 N–H and O–H groups in total. The van der Waals surface area contributed by atoms with E-state index in [4.69, 9.17) is 5.73 Å². The first-order chi connectivity index (χ1) is 6.74. The monoisotopic (exact) mass is 214 g/mol.